The van der Waals surface area contributed by atoms with Gasteiger partial charge >= 0.3 is 0 Å². The molecular formula is C11H15N3O2. The molecule has 0 aromatic heterocycles. The lowest BCUT2D eigenvalue weighted by molar-refractivity contribution is -0.123. The highest BCUT2D eigenvalue weighted by Gasteiger charge is 2.15. The molecule has 0 aliphatic rings. The summed E-state index contributed by atoms with van der Waals surface area (Å²) >= 11 is 0. The minimum atomic E-state index is -0.905. The van der Waals surface area contributed by atoms with Gasteiger partial charge in [0.05, 0.1) is 12.5 Å². The van der Waals surface area contributed by atoms with Gasteiger partial charge in [0, 0.05) is 5.69 Å². The molecule has 1 aromatic rings. The van der Waals surface area contributed by atoms with Crippen molar-refractivity contribution < 1.29 is 9.59 Å². The molecule has 0 spiro atoms. The predicted molar refractivity (Wildman–Crippen MR) is 61.6 cm³/mol. The highest BCUT2D eigenvalue weighted by atomic mass is 16.2. The minimum Gasteiger partial charge on any atom is -0.370 e. The van der Waals surface area contributed by atoms with Gasteiger partial charge in [-0.3, -0.25) is 9.59 Å². The Kier molecular flexibility index (Phi) is 4.02. The standard InChI is InChI=1S/C11H15N3O2/c1-7-3-2-4-8(5-7)14-11(16)9(12)6-10(13)15/h2-5,9H,6,12H2,1H3,(H2,13,15)(H,14,16). The van der Waals surface area contributed by atoms with Crippen molar-refractivity contribution in [3.05, 3.63) is 29.8 Å². The Morgan fingerprint density at radius 3 is 2.69 bits per heavy atom. The second kappa shape index (κ2) is 5.27. The molecule has 0 saturated heterocycles. The van der Waals surface area contributed by atoms with Crippen LogP contribution >= 0.6 is 0 Å². The molecule has 5 heteroatoms. The number of nitrogens with one attached hydrogen (secondary N) is 1. The fourth-order valence-corrected chi connectivity index (χ4v) is 1.27. The summed E-state index contributed by atoms with van der Waals surface area (Å²) in [5.74, 6) is -1.00. The van der Waals surface area contributed by atoms with Crippen molar-refractivity contribution in [2.24, 2.45) is 11.5 Å². The number of benzene rings is 1. The van der Waals surface area contributed by atoms with E-state index < -0.39 is 17.9 Å². The maximum absolute atomic E-state index is 11.5. The molecule has 0 radical (unpaired) electrons. The van der Waals surface area contributed by atoms with Gasteiger partial charge in [0.25, 0.3) is 0 Å². The van der Waals surface area contributed by atoms with Gasteiger partial charge in [-0.25, -0.2) is 0 Å². The average molecular weight is 221 g/mol. The van der Waals surface area contributed by atoms with Crippen LogP contribution in [0.4, 0.5) is 5.69 Å². The van der Waals surface area contributed by atoms with Gasteiger partial charge in [-0.15, -0.1) is 0 Å². The van der Waals surface area contributed by atoms with Crippen molar-refractivity contribution in [1.82, 2.24) is 0 Å². The second-order valence-corrected chi connectivity index (χ2v) is 3.64. The zero-order valence-electron chi connectivity index (χ0n) is 9.07. The Morgan fingerprint density at radius 1 is 1.44 bits per heavy atom. The first-order valence-electron chi connectivity index (χ1n) is 4.90. The Bertz CT molecular complexity index is 404. The smallest absolute Gasteiger partial charge is 0.241 e. The van der Waals surface area contributed by atoms with Crippen LogP contribution in [-0.4, -0.2) is 17.9 Å². The van der Waals surface area contributed by atoms with Crippen molar-refractivity contribution in [2.45, 2.75) is 19.4 Å². The van der Waals surface area contributed by atoms with Gasteiger partial charge in [-0.05, 0) is 24.6 Å². The third kappa shape index (κ3) is 3.70. The number of amides is 2. The molecule has 0 bridgehead atoms. The molecule has 0 heterocycles. The van der Waals surface area contributed by atoms with Gasteiger partial charge in [0.2, 0.25) is 11.8 Å². The molecule has 0 saturated carbocycles. The van der Waals surface area contributed by atoms with Crippen molar-refractivity contribution in [3.8, 4) is 0 Å². The van der Waals surface area contributed by atoms with E-state index in [0.717, 1.165) is 5.56 Å². The third-order valence-electron chi connectivity index (χ3n) is 2.04. The van der Waals surface area contributed by atoms with Crippen LogP contribution in [0.2, 0.25) is 0 Å². The van der Waals surface area contributed by atoms with Crippen LogP contribution in [0.5, 0.6) is 0 Å². The SMILES string of the molecule is Cc1cccc(NC(=O)C(N)CC(N)=O)c1. The van der Waals surface area contributed by atoms with Gasteiger partial charge in [0.15, 0.2) is 0 Å². The number of aryl methyl sites for hydroxylation is 1. The monoisotopic (exact) mass is 221 g/mol. The molecule has 1 aromatic carbocycles. The van der Waals surface area contributed by atoms with E-state index in [9.17, 15) is 9.59 Å². The van der Waals surface area contributed by atoms with E-state index >= 15 is 0 Å². The first-order chi connectivity index (χ1) is 7.49. The summed E-state index contributed by atoms with van der Waals surface area (Å²) in [6.45, 7) is 1.92. The number of carbonyl (C=O) groups is 2. The van der Waals surface area contributed by atoms with Crippen LogP contribution in [0, 0.1) is 6.92 Å². The number of hydrogen-bond donors (Lipinski definition) is 3. The largest absolute Gasteiger partial charge is 0.370 e. The number of carbonyl (C=O) groups excluding carboxylic acids is 2. The topological polar surface area (TPSA) is 98.2 Å². The van der Waals surface area contributed by atoms with E-state index in [1.807, 2.05) is 25.1 Å². The Morgan fingerprint density at radius 2 is 2.12 bits per heavy atom. The molecule has 86 valence electrons. The summed E-state index contributed by atoms with van der Waals surface area (Å²) in [6.07, 6.45) is -0.155. The Labute approximate surface area is 93.8 Å². The highest BCUT2D eigenvalue weighted by Crippen LogP contribution is 2.09. The number of nitrogens with two attached hydrogens (primary N) is 2. The predicted octanol–water partition coefficient (Wildman–Crippen LogP) is 0.136. The van der Waals surface area contributed by atoms with Crippen molar-refractivity contribution in [2.75, 3.05) is 5.32 Å². The van der Waals surface area contributed by atoms with Crippen LogP contribution in [0.1, 0.15) is 12.0 Å². The maximum atomic E-state index is 11.5. The van der Waals surface area contributed by atoms with E-state index in [1.54, 1.807) is 6.07 Å². The van der Waals surface area contributed by atoms with E-state index in [0.29, 0.717) is 5.69 Å². The second-order valence-electron chi connectivity index (χ2n) is 3.64. The zero-order valence-corrected chi connectivity index (χ0v) is 9.07. The fourth-order valence-electron chi connectivity index (χ4n) is 1.27. The van der Waals surface area contributed by atoms with Crippen molar-refractivity contribution in [3.63, 3.8) is 0 Å². The van der Waals surface area contributed by atoms with E-state index in [2.05, 4.69) is 5.32 Å². The molecule has 16 heavy (non-hydrogen) atoms. The van der Waals surface area contributed by atoms with E-state index in [-0.39, 0.29) is 6.42 Å². The maximum Gasteiger partial charge on any atom is 0.241 e. The first kappa shape index (κ1) is 12.2. The summed E-state index contributed by atoms with van der Waals surface area (Å²) in [5.41, 5.74) is 12.1. The summed E-state index contributed by atoms with van der Waals surface area (Å²) < 4.78 is 0. The Hall–Kier alpha value is -1.88. The molecule has 0 aliphatic heterocycles. The van der Waals surface area contributed by atoms with Gasteiger partial charge in [0.1, 0.15) is 0 Å². The van der Waals surface area contributed by atoms with Crippen LogP contribution in [-0.2, 0) is 9.59 Å². The molecule has 1 atom stereocenters. The summed E-state index contributed by atoms with van der Waals surface area (Å²) in [4.78, 5) is 22.1. The summed E-state index contributed by atoms with van der Waals surface area (Å²) in [6, 6.07) is 6.40. The Balaban J connectivity index is 2.60. The lowest BCUT2D eigenvalue weighted by Crippen LogP contribution is -2.38. The molecule has 5 nitrogen and oxygen atoms in total. The molecule has 0 fully saturated rings. The molecule has 0 aliphatic carbocycles. The average Bonchev–Trinajstić information content (AvgIpc) is 2.16. The third-order valence-corrected chi connectivity index (χ3v) is 2.04. The van der Waals surface area contributed by atoms with Gasteiger partial charge < -0.3 is 16.8 Å². The lowest BCUT2D eigenvalue weighted by atomic mass is 10.2. The lowest BCUT2D eigenvalue weighted by Gasteiger charge is -2.10. The number of primary amides is 1. The summed E-state index contributed by atoms with van der Waals surface area (Å²) in [5, 5.41) is 2.62. The molecule has 1 rings (SSSR count). The number of anilines is 1. The van der Waals surface area contributed by atoms with Crippen LogP contribution in [0.15, 0.2) is 24.3 Å². The van der Waals surface area contributed by atoms with Crippen molar-refractivity contribution >= 4 is 17.5 Å². The molecular weight excluding hydrogens is 206 g/mol. The quantitative estimate of drug-likeness (QED) is 0.674. The van der Waals surface area contributed by atoms with E-state index in [4.69, 9.17) is 11.5 Å². The normalized spacial score (nSPS) is 11.9. The highest BCUT2D eigenvalue weighted by molar-refractivity contribution is 5.97. The summed E-state index contributed by atoms with van der Waals surface area (Å²) in [7, 11) is 0. The fraction of sp³-hybridized carbons (Fsp3) is 0.273. The van der Waals surface area contributed by atoms with Crippen molar-refractivity contribution in [1.29, 1.82) is 0 Å². The van der Waals surface area contributed by atoms with Gasteiger partial charge in [-0.1, -0.05) is 12.1 Å². The number of rotatable bonds is 4. The first-order valence-corrected chi connectivity index (χ1v) is 4.90. The van der Waals surface area contributed by atoms with Crippen LogP contribution < -0.4 is 16.8 Å². The molecule has 2 amide bonds. The van der Waals surface area contributed by atoms with Crippen LogP contribution in [0.3, 0.4) is 0 Å². The molecule has 1 unspecified atom stereocenters. The minimum absolute atomic E-state index is 0.155. The number of hydrogen-bond acceptors (Lipinski definition) is 3. The molecule has 5 N–H and O–H groups in total. The van der Waals surface area contributed by atoms with Gasteiger partial charge in [-0.2, -0.15) is 0 Å². The van der Waals surface area contributed by atoms with E-state index in [1.165, 1.54) is 0 Å². The van der Waals surface area contributed by atoms with Crippen LogP contribution in [0.25, 0.3) is 0 Å². The zero-order chi connectivity index (χ0) is 12.1.